The molecule has 7 heteroatoms. The number of halogens is 2. The number of guanidine groups is 1. The van der Waals surface area contributed by atoms with Crippen LogP contribution in [0.25, 0.3) is 0 Å². The van der Waals surface area contributed by atoms with Crippen LogP contribution < -0.4 is 5.32 Å². The zero-order valence-corrected chi connectivity index (χ0v) is 18.8. The minimum absolute atomic E-state index is 0. The average Bonchev–Trinajstić information content (AvgIpc) is 3.04. The molecule has 152 valence electrons. The zero-order valence-electron chi connectivity index (χ0n) is 16.5. The van der Waals surface area contributed by atoms with Crippen molar-refractivity contribution in [1.82, 2.24) is 20.0 Å². The maximum Gasteiger partial charge on any atom is 0.194 e. The van der Waals surface area contributed by atoms with E-state index in [1.54, 1.807) is 12.1 Å². The summed E-state index contributed by atoms with van der Waals surface area (Å²) in [5.41, 5.74) is 2.12. The molecule has 1 aromatic heterocycles. The van der Waals surface area contributed by atoms with Crippen molar-refractivity contribution in [3.05, 3.63) is 53.6 Å². The van der Waals surface area contributed by atoms with Crippen molar-refractivity contribution < 1.29 is 4.39 Å². The standard InChI is InChI=1S/C21H28FN5.HI/c1-3-23-21(25-20-11-18(20)17-6-4-5-7-19(17)22)27-9-8-15(14-27)10-16-12-24-26(2)13-16;/h4-7,12-13,15,18,20H,3,8-11,14H2,1-2H3,(H,23,25);1H. The van der Waals surface area contributed by atoms with Gasteiger partial charge in [0.1, 0.15) is 5.82 Å². The van der Waals surface area contributed by atoms with Crippen LogP contribution in [0.4, 0.5) is 4.39 Å². The van der Waals surface area contributed by atoms with Crippen LogP contribution in [0.15, 0.2) is 41.7 Å². The van der Waals surface area contributed by atoms with Crippen LogP contribution in [0.2, 0.25) is 0 Å². The molecule has 2 heterocycles. The lowest BCUT2D eigenvalue weighted by Crippen LogP contribution is -2.41. The largest absolute Gasteiger partial charge is 0.353 e. The van der Waals surface area contributed by atoms with Crippen LogP contribution >= 0.6 is 24.0 Å². The van der Waals surface area contributed by atoms with Gasteiger partial charge in [0.15, 0.2) is 5.96 Å². The van der Waals surface area contributed by atoms with Gasteiger partial charge in [0.25, 0.3) is 0 Å². The van der Waals surface area contributed by atoms with Gasteiger partial charge in [-0.3, -0.25) is 9.67 Å². The highest BCUT2D eigenvalue weighted by atomic mass is 127. The first kappa shape index (κ1) is 21.1. The van der Waals surface area contributed by atoms with E-state index in [1.807, 2.05) is 30.1 Å². The predicted octanol–water partition coefficient (Wildman–Crippen LogP) is 3.56. The van der Waals surface area contributed by atoms with Crippen LogP contribution in [-0.4, -0.2) is 46.3 Å². The van der Waals surface area contributed by atoms with Gasteiger partial charge in [0.05, 0.1) is 6.20 Å². The topological polar surface area (TPSA) is 45.5 Å². The summed E-state index contributed by atoms with van der Waals surface area (Å²) in [5.74, 6) is 1.76. The van der Waals surface area contributed by atoms with Crippen LogP contribution in [0.3, 0.4) is 0 Å². The number of benzene rings is 1. The summed E-state index contributed by atoms with van der Waals surface area (Å²) in [6.07, 6.45) is 7.26. The third-order valence-corrected chi connectivity index (χ3v) is 5.59. The number of likely N-dealkylation sites (tertiary alicyclic amines) is 1. The number of aryl methyl sites for hydroxylation is 1. The Balaban J connectivity index is 0.00000225. The molecule has 1 N–H and O–H groups in total. The summed E-state index contributed by atoms with van der Waals surface area (Å²) in [6.45, 7) is 4.85. The third-order valence-electron chi connectivity index (χ3n) is 5.59. The van der Waals surface area contributed by atoms with Crippen molar-refractivity contribution >= 4 is 29.9 Å². The average molecular weight is 497 g/mol. The van der Waals surface area contributed by atoms with E-state index in [9.17, 15) is 4.39 Å². The molecule has 1 aromatic carbocycles. The number of aliphatic imine (C=N–C) groups is 1. The van der Waals surface area contributed by atoms with Crippen molar-refractivity contribution in [1.29, 1.82) is 0 Å². The first-order valence-corrected chi connectivity index (χ1v) is 9.92. The van der Waals surface area contributed by atoms with Gasteiger partial charge in [-0.15, -0.1) is 24.0 Å². The molecule has 3 unspecified atom stereocenters. The number of aromatic nitrogens is 2. The second kappa shape index (κ2) is 9.24. The van der Waals surface area contributed by atoms with Crippen molar-refractivity contribution in [2.75, 3.05) is 19.6 Å². The third kappa shape index (κ3) is 4.85. The lowest BCUT2D eigenvalue weighted by Gasteiger charge is -2.22. The highest BCUT2D eigenvalue weighted by molar-refractivity contribution is 14.0. The van der Waals surface area contributed by atoms with E-state index in [2.05, 4.69) is 28.4 Å². The lowest BCUT2D eigenvalue weighted by atomic mass is 10.0. The molecule has 1 aliphatic carbocycles. The first-order chi connectivity index (χ1) is 13.1. The summed E-state index contributed by atoms with van der Waals surface area (Å²) in [6, 6.07) is 7.40. The maximum absolute atomic E-state index is 14.0. The fourth-order valence-electron chi connectivity index (χ4n) is 4.13. The molecule has 0 spiro atoms. The van der Waals surface area contributed by atoms with Gasteiger partial charge in [-0.2, -0.15) is 5.10 Å². The van der Waals surface area contributed by atoms with Crippen molar-refractivity contribution in [3.8, 4) is 0 Å². The molecule has 0 bridgehead atoms. The molecule has 1 aliphatic heterocycles. The molecule has 2 fully saturated rings. The molecule has 2 aliphatic rings. The molecule has 1 saturated heterocycles. The minimum Gasteiger partial charge on any atom is -0.353 e. The second-order valence-electron chi connectivity index (χ2n) is 7.74. The number of nitrogens with one attached hydrogen (secondary N) is 1. The molecule has 28 heavy (non-hydrogen) atoms. The van der Waals surface area contributed by atoms with Gasteiger partial charge in [-0.25, -0.2) is 4.39 Å². The maximum atomic E-state index is 14.0. The fraction of sp³-hybridized carbons (Fsp3) is 0.524. The molecule has 0 amide bonds. The highest BCUT2D eigenvalue weighted by Gasteiger charge is 2.41. The van der Waals surface area contributed by atoms with Crippen LogP contribution in [0, 0.1) is 11.7 Å². The fourth-order valence-corrected chi connectivity index (χ4v) is 4.13. The summed E-state index contributed by atoms with van der Waals surface area (Å²) >= 11 is 0. The van der Waals surface area contributed by atoms with Crippen molar-refractivity contribution in [3.63, 3.8) is 0 Å². The molecule has 1 saturated carbocycles. The van der Waals surface area contributed by atoms with Crippen molar-refractivity contribution in [2.24, 2.45) is 18.0 Å². The van der Waals surface area contributed by atoms with Gasteiger partial charge in [0.2, 0.25) is 0 Å². The van der Waals surface area contributed by atoms with Gasteiger partial charge >= 0.3 is 0 Å². The minimum atomic E-state index is -0.0986. The van der Waals surface area contributed by atoms with E-state index in [4.69, 9.17) is 4.99 Å². The normalized spacial score (nSPS) is 24.2. The van der Waals surface area contributed by atoms with Gasteiger partial charge in [0, 0.05) is 44.8 Å². The Labute approximate surface area is 183 Å². The summed E-state index contributed by atoms with van der Waals surface area (Å²) in [7, 11) is 1.96. The molecular formula is C21H29FIN5. The highest BCUT2D eigenvalue weighted by Crippen LogP contribution is 2.42. The summed E-state index contributed by atoms with van der Waals surface area (Å²) in [5, 5.41) is 7.86. The Bertz CT molecular complexity index is 821. The van der Waals surface area contributed by atoms with E-state index < -0.39 is 0 Å². The Hall–Kier alpha value is -1.64. The SMILES string of the molecule is CCN=C(NC1CC1c1ccccc1F)N1CCC(Cc2cnn(C)c2)C1.I. The summed E-state index contributed by atoms with van der Waals surface area (Å²) < 4.78 is 15.9. The molecule has 0 radical (unpaired) electrons. The monoisotopic (exact) mass is 497 g/mol. The van der Waals surface area contributed by atoms with Crippen LogP contribution in [0.1, 0.15) is 36.8 Å². The zero-order chi connectivity index (χ0) is 18.8. The van der Waals surface area contributed by atoms with Crippen molar-refractivity contribution in [2.45, 2.75) is 38.1 Å². The van der Waals surface area contributed by atoms with E-state index in [0.717, 1.165) is 44.0 Å². The molecule has 5 nitrogen and oxygen atoms in total. The van der Waals surface area contributed by atoms with E-state index >= 15 is 0 Å². The smallest absolute Gasteiger partial charge is 0.194 e. The number of hydrogen-bond donors (Lipinski definition) is 1. The molecule has 2 aromatic rings. The van der Waals surface area contributed by atoms with Crippen LogP contribution in [0.5, 0.6) is 0 Å². The number of hydrogen-bond acceptors (Lipinski definition) is 2. The Kier molecular flexibility index (Phi) is 6.95. The number of rotatable bonds is 5. The van der Waals surface area contributed by atoms with E-state index in [-0.39, 0.29) is 41.8 Å². The molecule has 4 rings (SSSR count). The predicted molar refractivity (Wildman–Crippen MR) is 121 cm³/mol. The number of nitrogens with zero attached hydrogens (tertiary/aromatic N) is 4. The first-order valence-electron chi connectivity index (χ1n) is 9.92. The van der Waals surface area contributed by atoms with E-state index in [1.165, 1.54) is 12.0 Å². The molecule has 3 atom stereocenters. The lowest BCUT2D eigenvalue weighted by molar-refractivity contribution is 0.457. The van der Waals surface area contributed by atoms with Crippen LogP contribution in [-0.2, 0) is 13.5 Å². The van der Waals surface area contributed by atoms with E-state index in [0.29, 0.717) is 5.92 Å². The summed E-state index contributed by atoms with van der Waals surface area (Å²) in [4.78, 5) is 7.07. The quantitative estimate of drug-likeness (QED) is 0.391. The second-order valence-corrected chi connectivity index (χ2v) is 7.74. The van der Waals surface area contributed by atoms with Gasteiger partial charge < -0.3 is 10.2 Å². The Morgan fingerprint density at radius 3 is 2.89 bits per heavy atom. The Morgan fingerprint density at radius 1 is 1.36 bits per heavy atom. The van der Waals surface area contributed by atoms with Gasteiger partial charge in [-0.1, -0.05) is 18.2 Å². The Morgan fingerprint density at radius 2 is 2.18 bits per heavy atom. The molecular weight excluding hydrogens is 468 g/mol. The van der Waals surface area contributed by atoms with Gasteiger partial charge in [-0.05, 0) is 49.3 Å².